The Morgan fingerprint density at radius 2 is 1.73 bits per heavy atom. The molecule has 1 amide bonds. The molecule has 1 aliphatic carbocycles. The van der Waals surface area contributed by atoms with Gasteiger partial charge in [-0.2, -0.15) is 0 Å². The standard InChI is InChI=1S/C20H28N2O4/c1-20(2,3)26-19(24)22-11-14-15(12-22)17(14)21(4)16(18(23)25-5)13-9-7-6-8-10-13/h6-10,14-17H,11-12H2,1-5H3/t14-,15+,16?,17?. The highest BCUT2D eigenvalue weighted by atomic mass is 16.6. The monoisotopic (exact) mass is 360 g/mol. The number of ether oxygens (including phenoxy) is 2. The molecule has 2 unspecified atom stereocenters. The van der Waals surface area contributed by atoms with E-state index in [9.17, 15) is 9.59 Å². The maximum absolute atomic E-state index is 12.4. The van der Waals surface area contributed by atoms with Crippen molar-refractivity contribution in [1.29, 1.82) is 0 Å². The number of rotatable bonds is 4. The highest BCUT2D eigenvalue weighted by Crippen LogP contribution is 2.50. The van der Waals surface area contributed by atoms with E-state index in [0.29, 0.717) is 24.9 Å². The van der Waals surface area contributed by atoms with Crippen LogP contribution in [0.2, 0.25) is 0 Å². The van der Waals surface area contributed by atoms with Crippen LogP contribution in [-0.2, 0) is 14.3 Å². The molecule has 6 nitrogen and oxygen atoms in total. The van der Waals surface area contributed by atoms with Gasteiger partial charge in [0.1, 0.15) is 11.6 Å². The summed E-state index contributed by atoms with van der Waals surface area (Å²) in [4.78, 5) is 28.5. The van der Waals surface area contributed by atoms with Crippen molar-refractivity contribution in [1.82, 2.24) is 9.80 Å². The molecule has 2 fully saturated rings. The predicted octanol–water partition coefficient (Wildman–Crippen LogP) is 2.70. The second kappa shape index (κ2) is 6.91. The molecule has 1 saturated carbocycles. The lowest BCUT2D eigenvalue weighted by molar-refractivity contribution is -0.147. The quantitative estimate of drug-likeness (QED) is 0.773. The maximum atomic E-state index is 12.4. The summed E-state index contributed by atoms with van der Waals surface area (Å²) in [6.45, 7) is 6.98. The zero-order valence-corrected chi connectivity index (χ0v) is 16.1. The Morgan fingerprint density at radius 1 is 1.15 bits per heavy atom. The molecular weight excluding hydrogens is 332 g/mol. The minimum absolute atomic E-state index is 0.251. The number of carbonyl (C=O) groups is 2. The lowest BCUT2D eigenvalue weighted by atomic mass is 10.1. The van der Waals surface area contributed by atoms with Crippen LogP contribution in [0.5, 0.6) is 0 Å². The van der Waals surface area contributed by atoms with Gasteiger partial charge in [-0.25, -0.2) is 9.59 Å². The largest absolute Gasteiger partial charge is 0.468 e. The van der Waals surface area contributed by atoms with Crippen molar-refractivity contribution in [2.75, 3.05) is 27.2 Å². The molecule has 3 rings (SSSR count). The van der Waals surface area contributed by atoms with Crippen LogP contribution in [0.4, 0.5) is 4.79 Å². The number of esters is 1. The first-order valence-electron chi connectivity index (χ1n) is 9.05. The normalized spacial score (nSPS) is 25.6. The fraction of sp³-hybridized carbons (Fsp3) is 0.600. The molecule has 0 radical (unpaired) electrons. The molecule has 26 heavy (non-hydrogen) atoms. The minimum atomic E-state index is -0.483. The molecule has 0 bridgehead atoms. The van der Waals surface area contributed by atoms with Gasteiger partial charge in [-0.05, 0) is 45.2 Å². The van der Waals surface area contributed by atoms with Gasteiger partial charge in [0.15, 0.2) is 0 Å². The molecular formula is C20H28N2O4. The summed E-state index contributed by atoms with van der Waals surface area (Å²) in [5, 5.41) is 0. The number of hydrogen-bond acceptors (Lipinski definition) is 5. The van der Waals surface area contributed by atoms with E-state index < -0.39 is 11.6 Å². The molecule has 0 N–H and O–H groups in total. The van der Waals surface area contributed by atoms with Crippen LogP contribution in [0.1, 0.15) is 32.4 Å². The van der Waals surface area contributed by atoms with Crippen LogP contribution < -0.4 is 0 Å². The van der Waals surface area contributed by atoms with E-state index >= 15 is 0 Å². The highest BCUT2D eigenvalue weighted by Gasteiger charge is 2.60. The maximum Gasteiger partial charge on any atom is 0.410 e. The molecule has 142 valence electrons. The van der Waals surface area contributed by atoms with Crippen molar-refractivity contribution in [2.45, 2.75) is 38.5 Å². The number of hydrogen-bond donors (Lipinski definition) is 0. The number of methoxy groups -OCH3 is 1. The van der Waals surface area contributed by atoms with Crippen molar-refractivity contribution in [3.8, 4) is 0 Å². The van der Waals surface area contributed by atoms with Gasteiger partial charge in [0.2, 0.25) is 0 Å². The minimum Gasteiger partial charge on any atom is -0.468 e. The Kier molecular flexibility index (Phi) is 4.97. The van der Waals surface area contributed by atoms with Gasteiger partial charge in [-0.15, -0.1) is 0 Å². The van der Waals surface area contributed by atoms with E-state index in [2.05, 4.69) is 4.90 Å². The number of fused-ring (bicyclic) bond motifs is 1. The molecule has 1 saturated heterocycles. The lowest BCUT2D eigenvalue weighted by Gasteiger charge is -2.30. The number of likely N-dealkylation sites (tertiary alicyclic amines) is 1. The summed E-state index contributed by atoms with van der Waals surface area (Å²) in [5.74, 6) is 0.499. The first kappa shape index (κ1) is 18.7. The number of benzene rings is 1. The van der Waals surface area contributed by atoms with E-state index in [0.717, 1.165) is 5.56 Å². The van der Waals surface area contributed by atoms with E-state index in [-0.39, 0.29) is 18.1 Å². The fourth-order valence-electron chi connectivity index (χ4n) is 4.03. The first-order chi connectivity index (χ1) is 12.2. The van der Waals surface area contributed by atoms with Gasteiger partial charge >= 0.3 is 12.1 Å². The molecule has 2 aliphatic rings. The third-order valence-electron chi connectivity index (χ3n) is 5.22. The Balaban J connectivity index is 1.65. The second-order valence-electron chi connectivity index (χ2n) is 8.21. The van der Waals surface area contributed by atoms with Gasteiger partial charge in [-0.1, -0.05) is 30.3 Å². The summed E-state index contributed by atoms with van der Waals surface area (Å²) in [6.07, 6.45) is -0.251. The molecule has 0 spiro atoms. The van der Waals surface area contributed by atoms with Gasteiger partial charge in [0.05, 0.1) is 7.11 Å². The van der Waals surface area contributed by atoms with Crippen LogP contribution in [0.15, 0.2) is 30.3 Å². The van der Waals surface area contributed by atoms with E-state index in [4.69, 9.17) is 9.47 Å². The zero-order chi connectivity index (χ0) is 19.1. The zero-order valence-electron chi connectivity index (χ0n) is 16.1. The smallest absolute Gasteiger partial charge is 0.410 e. The number of carbonyl (C=O) groups excluding carboxylic acids is 2. The molecule has 6 heteroatoms. The first-order valence-corrected chi connectivity index (χ1v) is 9.05. The van der Waals surface area contributed by atoms with Crippen molar-refractivity contribution < 1.29 is 19.1 Å². The topological polar surface area (TPSA) is 59.1 Å². The van der Waals surface area contributed by atoms with Crippen LogP contribution >= 0.6 is 0 Å². The Hall–Kier alpha value is -2.08. The summed E-state index contributed by atoms with van der Waals surface area (Å²) in [5.41, 5.74) is 0.444. The number of amides is 1. The molecule has 1 aliphatic heterocycles. The number of piperidine rings is 1. The summed E-state index contributed by atoms with van der Waals surface area (Å²) in [7, 11) is 3.39. The Morgan fingerprint density at radius 3 is 2.23 bits per heavy atom. The highest BCUT2D eigenvalue weighted by molar-refractivity contribution is 5.77. The summed E-state index contributed by atoms with van der Waals surface area (Å²) in [6, 6.07) is 9.54. The third-order valence-corrected chi connectivity index (χ3v) is 5.22. The van der Waals surface area contributed by atoms with Crippen LogP contribution in [0.3, 0.4) is 0 Å². The van der Waals surface area contributed by atoms with Gasteiger partial charge in [0.25, 0.3) is 0 Å². The Labute approximate surface area is 155 Å². The van der Waals surface area contributed by atoms with Gasteiger partial charge in [0, 0.05) is 19.1 Å². The van der Waals surface area contributed by atoms with Crippen molar-refractivity contribution in [3.63, 3.8) is 0 Å². The SMILES string of the molecule is COC(=O)C(c1ccccc1)N(C)C1[C@H]2CN(C(=O)OC(C)(C)C)C[C@@H]12. The summed E-state index contributed by atoms with van der Waals surface area (Å²) < 4.78 is 10.5. The van der Waals surface area contributed by atoms with Crippen LogP contribution in [0, 0.1) is 11.8 Å². The molecule has 4 atom stereocenters. The van der Waals surface area contributed by atoms with Crippen LogP contribution in [-0.4, -0.2) is 60.8 Å². The number of likely N-dealkylation sites (N-methyl/N-ethyl adjacent to an activating group) is 1. The fourth-order valence-corrected chi connectivity index (χ4v) is 4.03. The van der Waals surface area contributed by atoms with Crippen LogP contribution in [0.25, 0.3) is 0 Å². The lowest BCUT2D eigenvalue weighted by Crippen LogP contribution is -2.41. The Bertz CT molecular complexity index is 658. The molecule has 0 aromatic heterocycles. The number of nitrogens with zero attached hydrogens (tertiary/aromatic N) is 2. The average Bonchev–Trinajstić information content (AvgIpc) is 3.08. The van der Waals surface area contributed by atoms with Gasteiger partial charge in [-0.3, -0.25) is 4.90 Å². The van der Waals surface area contributed by atoms with Crippen molar-refractivity contribution >= 4 is 12.1 Å². The second-order valence-corrected chi connectivity index (χ2v) is 8.21. The molecule has 1 aromatic rings. The molecule has 1 heterocycles. The van der Waals surface area contributed by atoms with E-state index in [1.165, 1.54) is 7.11 Å². The van der Waals surface area contributed by atoms with Crippen molar-refractivity contribution in [2.24, 2.45) is 11.8 Å². The predicted molar refractivity (Wildman–Crippen MR) is 97.5 cm³/mol. The van der Waals surface area contributed by atoms with Crippen molar-refractivity contribution in [3.05, 3.63) is 35.9 Å². The van der Waals surface area contributed by atoms with Gasteiger partial charge < -0.3 is 14.4 Å². The van der Waals surface area contributed by atoms with E-state index in [1.807, 2.05) is 58.2 Å². The molecule has 1 aromatic carbocycles. The average molecular weight is 360 g/mol. The van der Waals surface area contributed by atoms with E-state index in [1.54, 1.807) is 4.90 Å². The third kappa shape index (κ3) is 3.70. The summed E-state index contributed by atoms with van der Waals surface area (Å²) >= 11 is 0.